The smallest absolute Gasteiger partial charge is 0.329 e. The Kier molecular flexibility index (Phi) is 9.89. The molecule has 2 aliphatic heterocycles. The van der Waals surface area contributed by atoms with Crippen molar-refractivity contribution in [2.75, 3.05) is 36.9 Å². The number of carbonyl (C=O) groups is 3. The average molecular weight is 794 g/mol. The topological polar surface area (TPSA) is 157 Å². The summed E-state index contributed by atoms with van der Waals surface area (Å²) in [6.07, 6.45) is 5.92. The lowest BCUT2D eigenvalue weighted by atomic mass is 9.85. The molecule has 0 radical (unpaired) electrons. The molecule has 0 spiro atoms. The van der Waals surface area contributed by atoms with Crippen molar-refractivity contribution in [1.82, 2.24) is 43.7 Å². The van der Waals surface area contributed by atoms with Gasteiger partial charge in [-0.3, -0.25) is 38.4 Å². The van der Waals surface area contributed by atoms with Crippen LogP contribution >= 0.6 is 0 Å². The molecule has 1 aliphatic carbocycles. The molecule has 19 heteroatoms. The molecule has 3 amide bonds. The SMILES string of the molecule is Cc1ccc2c(c1N1CCC(N(C)CC3CCC(n4cc(NC(=O)c5cnn6cccnc56)c(C(F)F)n4)CC3)C(F)(F)C1)n(C)c(=O)n2C1CCC(=O)NC1=O. The number of imide groups is 1. The van der Waals surface area contributed by atoms with E-state index in [1.807, 2.05) is 6.92 Å². The number of nitrogens with zero attached hydrogens (tertiary/aromatic N) is 9. The van der Waals surface area contributed by atoms with Crippen LogP contribution in [0.2, 0.25) is 0 Å². The Labute approximate surface area is 323 Å². The van der Waals surface area contributed by atoms with E-state index in [9.17, 15) is 28.0 Å². The highest BCUT2D eigenvalue weighted by atomic mass is 19.3. The van der Waals surface area contributed by atoms with Gasteiger partial charge in [0.25, 0.3) is 18.3 Å². The Morgan fingerprint density at radius 3 is 2.60 bits per heavy atom. The van der Waals surface area contributed by atoms with Gasteiger partial charge in [-0.15, -0.1) is 0 Å². The zero-order chi connectivity index (χ0) is 40.3. The molecule has 302 valence electrons. The van der Waals surface area contributed by atoms with Gasteiger partial charge in [0.15, 0.2) is 11.3 Å². The van der Waals surface area contributed by atoms with E-state index in [1.54, 1.807) is 48.3 Å². The van der Waals surface area contributed by atoms with E-state index in [1.165, 1.54) is 36.9 Å². The average Bonchev–Trinajstić information content (AvgIpc) is 3.86. The van der Waals surface area contributed by atoms with Crippen LogP contribution in [0.4, 0.5) is 28.9 Å². The van der Waals surface area contributed by atoms with E-state index in [0.717, 1.165) is 5.56 Å². The fourth-order valence-electron chi connectivity index (χ4n) is 9.00. The quantitative estimate of drug-likeness (QED) is 0.161. The van der Waals surface area contributed by atoms with Gasteiger partial charge in [-0.05, 0) is 76.1 Å². The summed E-state index contributed by atoms with van der Waals surface area (Å²) in [6, 6.07) is 3.01. The number of hydrogen-bond donors (Lipinski definition) is 2. The number of nitrogens with one attached hydrogen (secondary N) is 2. The number of carbonyl (C=O) groups excluding carboxylic acids is 3. The summed E-state index contributed by atoms with van der Waals surface area (Å²) >= 11 is 0. The van der Waals surface area contributed by atoms with Crippen LogP contribution in [0.3, 0.4) is 0 Å². The van der Waals surface area contributed by atoms with Gasteiger partial charge >= 0.3 is 5.69 Å². The standard InChI is InChI=1S/C38H43F4N11O4/c1-21-5-10-26-32(49(3)37(57)53(26)27-11-12-29(54)46-36(27)56)31(21)50-16-13-28(38(41,42)20-50)48(2)18-22-6-8-23(9-7-22)52-19-25(30(47-52)33(39)40)45-35(55)24-17-44-51-15-4-14-43-34(24)51/h4-5,10,14-15,17,19,22-23,27-28,33H,6-9,11-13,16,18,20H2,1-3H3,(H,45,55)(H,46,54,56). The first-order valence-corrected chi connectivity index (χ1v) is 19.1. The highest BCUT2D eigenvalue weighted by Crippen LogP contribution is 2.40. The number of fused-ring (bicyclic) bond motifs is 2. The molecule has 4 aromatic heterocycles. The normalized spacial score (nSPS) is 22.9. The minimum atomic E-state index is -3.11. The predicted molar refractivity (Wildman–Crippen MR) is 201 cm³/mol. The summed E-state index contributed by atoms with van der Waals surface area (Å²) < 4.78 is 66.2. The molecule has 5 aromatic rings. The van der Waals surface area contributed by atoms with Crippen LogP contribution in [-0.2, 0) is 16.6 Å². The molecular formula is C38H43F4N11O4. The molecule has 15 nitrogen and oxygen atoms in total. The molecule has 1 aromatic carbocycles. The number of anilines is 2. The van der Waals surface area contributed by atoms with Crippen LogP contribution in [-0.4, -0.2) is 94.8 Å². The van der Waals surface area contributed by atoms with Crippen molar-refractivity contribution >= 4 is 45.8 Å². The molecule has 2 N–H and O–H groups in total. The van der Waals surface area contributed by atoms with Gasteiger partial charge in [0, 0.05) is 45.1 Å². The summed E-state index contributed by atoms with van der Waals surface area (Å²) in [5, 5.41) is 13.1. The predicted octanol–water partition coefficient (Wildman–Crippen LogP) is 4.63. The number of imidazole rings is 1. The summed E-state index contributed by atoms with van der Waals surface area (Å²) in [5.41, 5.74) is 1.45. The molecule has 0 bridgehead atoms. The maximum Gasteiger partial charge on any atom is 0.329 e. The molecular weight excluding hydrogens is 750 g/mol. The number of halogens is 4. The van der Waals surface area contributed by atoms with E-state index in [-0.39, 0.29) is 48.1 Å². The van der Waals surface area contributed by atoms with E-state index < -0.39 is 60.1 Å². The van der Waals surface area contributed by atoms with Gasteiger partial charge in [0.05, 0.1) is 47.2 Å². The van der Waals surface area contributed by atoms with Crippen LogP contribution in [0.15, 0.2) is 47.8 Å². The lowest BCUT2D eigenvalue weighted by Crippen LogP contribution is -2.58. The molecule has 8 rings (SSSR count). The minimum Gasteiger partial charge on any atom is -0.363 e. The molecule has 2 saturated heterocycles. The molecule has 2 unspecified atom stereocenters. The van der Waals surface area contributed by atoms with Crippen LogP contribution in [0.25, 0.3) is 16.7 Å². The zero-order valence-corrected chi connectivity index (χ0v) is 31.7. The van der Waals surface area contributed by atoms with Crippen molar-refractivity contribution in [2.45, 2.75) is 82.3 Å². The Morgan fingerprint density at radius 2 is 1.88 bits per heavy atom. The summed E-state index contributed by atoms with van der Waals surface area (Å²) in [7, 11) is 3.28. The Morgan fingerprint density at radius 1 is 1.11 bits per heavy atom. The minimum absolute atomic E-state index is 0.0888. The first kappa shape index (κ1) is 38.3. The molecule has 3 aliphatic rings. The Bertz CT molecular complexity index is 2430. The van der Waals surface area contributed by atoms with E-state index in [4.69, 9.17) is 0 Å². The lowest BCUT2D eigenvalue weighted by molar-refractivity contribution is -0.135. The molecule has 3 fully saturated rings. The van der Waals surface area contributed by atoms with Crippen molar-refractivity contribution in [2.24, 2.45) is 13.0 Å². The number of piperidine rings is 2. The van der Waals surface area contributed by atoms with Crippen molar-refractivity contribution in [3.05, 3.63) is 70.3 Å². The van der Waals surface area contributed by atoms with Crippen LogP contribution < -0.4 is 21.2 Å². The van der Waals surface area contributed by atoms with Gasteiger partial charge in [0.1, 0.15) is 11.6 Å². The number of benzene rings is 1. The molecule has 57 heavy (non-hydrogen) atoms. The second-order valence-corrected chi connectivity index (χ2v) is 15.5. The fraction of sp³-hybridized carbons (Fsp3) is 0.500. The van der Waals surface area contributed by atoms with Gasteiger partial charge in [-0.1, -0.05) is 6.07 Å². The third kappa shape index (κ3) is 6.95. The van der Waals surface area contributed by atoms with Crippen molar-refractivity contribution in [3.63, 3.8) is 0 Å². The third-order valence-electron chi connectivity index (χ3n) is 11.8. The van der Waals surface area contributed by atoms with Gasteiger partial charge in [0.2, 0.25) is 11.8 Å². The number of alkyl halides is 4. The second kappa shape index (κ2) is 14.7. The third-order valence-corrected chi connectivity index (χ3v) is 11.8. The van der Waals surface area contributed by atoms with Crippen molar-refractivity contribution < 1.29 is 31.9 Å². The van der Waals surface area contributed by atoms with Crippen LogP contribution in [0, 0.1) is 12.8 Å². The van der Waals surface area contributed by atoms with Crippen molar-refractivity contribution in [3.8, 4) is 0 Å². The van der Waals surface area contributed by atoms with E-state index in [2.05, 4.69) is 25.8 Å². The highest BCUT2D eigenvalue weighted by molar-refractivity contribution is 6.08. The Balaban J connectivity index is 0.915. The molecule has 2 atom stereocenters. The first-order valence-electron chi connectivity index (χ1n) is 19.1. The molecule has 1 saturated carbocycles. The van der Waals surface area contributed by atoms with Crippen LogP contribution in [0.5, 0.6) is 0 Å². The first-order chi connectivity index (χ1) is 27.2. The lowest BCUT2D eigenvalue weighted by Gasteiger charge is -2.44. The summed E-state index contributed by atoms with van der Waals surface area (Å²) in [4.78, 5) is 58.6. The van der Waals surface area contributed by atoms with Gasteiger partial charge < -0.3 is 10.2 Å². The highest BCUT2D eigenvalue weighted by Gasteiger charge is 2.48. The zero-order valence-electron chi connectivity index (χ0n) is 31.7. The monoisotopic (exact) mass is 793 g/mol. The van der Waals surface area contributed by atoms with Gasteiger partial charge in [-0.25, -0.2) is 31.9 Å². The molecule has 6 heterocycles. The summed E-state index contributed by atoms with van der Waals surface area (Å²) in [6.45, 7) is 1.99. The fourth-order valence-corrected chi connectivity index (χ4v) is 9.00. The van der Waals surface area contributed by atoms with Crippen LogP contribution in [0.1, 0.15) is 85.1 Å². The number of amides is 3. The van der Waals surface area contributed by atoms with Gasteiger partial charge in [-0.2, -0.15) is 10.2 Å². The second-order valence-electron chi connectivity index (χ2n) is 15.5. The Hall–Kier alpha value is -5.59. The number of hydrogen-bond acceptors (Lipinski definition) is 9. The maximum atomic E-state index is 16.2. The van der Waals surface area contributed by atoms with E-state index >= 15 is 8.78 Å². The summed E-state index contributed by atoms with van der Waals surface area (Å²) in [5.74, 6) is -4.61. The number of aryl methyl sites for hydroxylation is 2. The number of aromatic nitrogens is 7. The maximum absolute atomic E-state index is 16.2. The van der Waals surface area contributed by atoms with E-state index in [0.29, 0.717) is 55.5 Å². The number of rotatable bonds is 9. The largest absolute Gasteiger partial charge is 0.363 e. The van der Waals surface area contributed by atoms with Crippen molar-refractivity contribution in [1.29, 1.82) is 0 Å².